The molecule has 0 radical (unpaired) electrons. The van der Waals surface area contributed by atoms with Gasteiger partial charge in [-0.25, -0.2) is 18.1 Å². The maximum Gasteiger partial charge on any atom is 0.262 e. The summed E-state index contributed by atoms with van der Waals surface area (Å²) in [5.41, 5.74) is 9.42. The summed E-state index contributed by atoms with van der Waals surface area (Å²) in [4.78, 5) is 4.47. The zero-order chi connectivity index (χ0) is 20.8. The SMILES string of the molecule is Cc1c(Cl)cccc1S(=O)(=O)Nc1ccc(-c2ccnc3c2c(N)nn3C)cc1. The number of nitrogen functional groups attached to an aromatic ring is 1. The molecule has 0 saturated carbocycles. The van der Waals surface area contributed by atoms with Gasteiger partial charge in [-0.15, -0.1) is 0 Å². The molecular formula is C20H18ClN5O2S. The van der Waals surface area contributed by atoms with Crippen LogP contribution in [0.5, 0.6) is 0 Å². The van der Waals surface area contributed by atoms with Crippen molar-refractivity contribution in [2.45, 2.75) is 11.8 Å². The number of pyridine rings is 1. The van der Waals surface area contributed by atoms with Gasteiger partial charge in [-0.2, -0.15) is 5.10 Å². The fourth-order valence-corrected chi connectivity index (χ4v) is 4.81. The topological polar surface area (TPSA) is 103 Å². The molecule has 0 aliphatic heterocycles. The number of aryl methyl sites for hydroxylation is 1. The highest BCUT2D eigenvalue weighted by atomic mass is 35.5. The third kappa shape index (κ3) is 3.41. The van der Waals surface area contributed by atoms with E-state index in [9.17, 15) is 8.42 Å². The minimum Gasteiger partial charge on any atom is -0.382 e. The fraction of sp³-hybridized carbons (Fsp3) is 0.100. The monoisotopic (exact) mass is 427 g/mol. The van der Waals surface area contributed by atoms with Crippen LogP contribution in [0.3, 0.4) is 0 Å². The Morgan fingerprint density at radius 2 is 1.83 bits per heavy atom. The number of rotatable bonds is 4. The molecule has 3 N–H and O–H groups in total. The van der Waals surface area contributed by atoms with Crippen LogP contribution in [0, 0.1) is 6.92 Å². The number of halogens is 1. The Balaban J connectivity index is 1.68. The van der Waals surface area contributed by atoms with Crippen molar-refractivity contribution in [1.29, 1.82) is 0 Å². The number of fused-ring (bicyclic) bond motifs is 1. The van der Waals surface area contributed by atoms with E-state index in [1.807, 2.05) is 18.2 Å². The average Bonchev–Trinajstić information content (AvgIpc) is 2.98. The Morgan fingerprint density at radius 3 is 2.55 bits per heavy atom. The van der Waals surface area contributed by atoms with Crippen LogP contribution in [0.25, 0.3) is 22.2 Å². The Hall–Kier alpha value is -3.10. The van der Waals surface area contributed by atoms with Crippen LogP contribution in [0.4, 0.5) is 11.5 Å². The van der Waals surface area contributed by atoms with Gasteiger partial charge in [0.15, 0.2) is 11.5 Å². The number of nitrogens with one attached hydrogen (secondary N) is 1. The highest BCUT2D eigenvalue weighted by molar-refractivity contribution is 7.92. The number of anilines is 2. The third-order valence-corrected chi connectivity index (χ3v) is 6.64. The Kier molecular flexibility index (Phi) is 4.68. The predicted molar refractivity (Wildman–Crippen MR) is 115 cm³/mol. The third-order valence-electron chi connectivity index (χ3n) is 4.71. The molecule has 0 spiro atoms. The number of sulfonamides is 1. The van der Waals surface area contributed by atoms with Crippen molar-refractivity contribution >= 4 is 44.2 Å². The minimum absolute atomic E-state index is 0.146. The molecule has 0 aliphatic carbocycles. The van der Waals surface area contributed by atoms with E-state index in [2.05, 4.69) is 14.8 Å². The first-order valence-electron chi connectivity index (χ1n) is 8.73. The van der Waals surface area contributed by atoms with E-state index in [0.29, 0.717) is 27.7 Å². The van der Waals surface area contributed by atoms with Crippen LogP contribution in [0.2, 0.25) is 5.02 Å². The maximum absolute atomic E-state index is 12.7. The van der Waals surface area contributed by atoms with Gasteiger partial charge in [0.1, 0.15) is 0 Å². The average molecular weight is 428 g/mol. The Labute approximate surface area is 173 Å². The van der Waals surface area contributed by atoms with E-state index in [4.69, 9.17) is 17.3 Å². The summed E-state index contributed by atoms with van der Waals surface area (Å²) in [6, 6.07) is 13.7. The molecule has 0 aliphatic rings. The van der Waals surface area contributed by atoms with Gasteiger partial charge in [0.05, 0.1) is 10.3 Å². The zero-order valence-electron chi connectivity index (χ0n) is 15.7. The van der Waals surface area contributed by atoms with E-state index in [1.54, 1.807) is 49.1 Å². The largest absolute Gasteiger partial charge is 0.382 e. The highest BCUT2D eigenvalue weighted by Gasteiger charge is 2.18. The number of hydrogen-bond acceptors (Lipinski definition) is 5. The van der Waals surface area contributed by atoms with Crippen molar-refractivity contribution in [2.24, 2.45) is 7.05 Å². The molecular weight excluding hydrogens is 410 g/mol. The van der Waals surface area contributed by atoms with Crippen LogP contribution < -0.4 is 10.5 Å². The molecule has 0 amide bonds. The van der Waals surface area contributed by atoms with Gasteiger partial charge in [-0.1, -0.05) is 29.8 Å². The van der Waals surface area contributed by atoms with Gasteiger partial charge < -0.3 is 5.73 Å². The molecule has 7 nitrogen and oxygen atoms in total. The number of hydrogen-bond donors (Lipinski definition) is 2. The van der Waals surface area contributed by atoms with Gasteiger partial charge in [0.2, 0.25) is 0 Å². The van der Waals surface area contributed by atoms with Crippen LogP contribution in [-0.2, 0) is 17.1 Å². The molecule has 0 saturated heterocycles. The van der Waals surface area contributed by atoms with Crippen molar-refractivity contribution in [3.05, 3.63) is 65.3 Å². The van der Waals surface area contributed by atoms with Gasteiger partial charge in [-0.3, -0.25) is 4.72 Å². The van der Waals surface area contributed by atoms with Crippen LogP contribution in [0.15, 0.2) is 59.6 Å². The van der Waals surface area contributed by atoms with Gasteiger partial charge in [0.25, 0.3) is 10.0 Å². The Morgan fingerprint density at radius 1 is 1.10 bits per heavy atom. The summed E-state index contributed by atoms with van der Waals surface area (Å²) < 4.78 is 29.7. The molecule has 0 fully saturated rings. The summed E-state index contributed by atoms with van der Waals surface area (Å²) in [6.07, 6.45) is 1.69. The first-order chi connectivity index (χ1) is 13.8. The number of benzene rings is 2. The van der Waals surface area contributed by atoms with E-state index < -0.39 is 10.0 Å². The lowest BCUT2D eigenvalue weighted by Crippen LogP contribution is -2.14. The van der Waals surface area contributed by atoms with Crippen molar-refractivity contribution in [2.75, 3.05) is 10.5 Å². The predicted octanol–water partition coefficient (Wildman–Crippen LogP) is 3.98. The minimum atomic E-state index is -3.76. The van der Waals surface area contributed by atoms with Crippen LogP contribution in [0.1, 0.15) is 5.56 Å². The van der Waals surface area contributed by atoms with E-state index >= 15 is 0 Å². The molecule has 2 aromatic heterocycles. The molecule has 0 bridgehead atoms. The molecule has 0 atom stereocenters. The van der Waals surface area contributed by atoms with Gasteiger partial charge in [0, 0.05) is 24.0 Å². The Bertz CT molecular complexity index is 1330. The van der Waals surface area contributed by atoms with Crippen molar-refractivity contribution in [3.8, 4) is 11.1 Å². The molecule has 0 unspecified atom stereocenters. The second kappa shape index (κ2) is 7.06. The standard InChI is InChI=1S/C20H18ClN5O2S/c1-12-16(21)4-3-5-17(12)29(27,28)25-14-8-6-13(7-9-14)15-10-11-23-20-18(15)19(22)24-26(20)2/h3-11,25H,1-2H3,(H2,22,24). The smallest absolute Gasteiger partial charge is 0.262 e. The summed E-state index contributed by atoms with van der Waals surface area (Å²) in [6.45, 7) is 1.67. The van der Waals surface area contributed by atoms with Crippen molar-refractivity contribution in [3.63, 3.8) is 0 Å². The lowest BCUT2D eigenvalue weighted by Gasteiger charge is -2.12. The summed E-state index contributed by atoms with van der Waals surface area (Å²) in [7, 11) is -1.98. The van der Waals surface area contributed by atoms with E-state index in [1.165, 1.54) is 6.07 Å². The lowest BCUT2D eigenvalue weighted by atomic mass is 10.0. The summed E-state index contributed by atoms with van der Waals surface area (Å²) >= 11 is 6.06. The second-order valence-electron chi connectivity index (χ2n) is 6.61. The quantitative estimate of drug-likeness (QED) is 0.512. The molecule has 29 heavy (non-hydrogen) atoms. The molecule has 4 rings (SSSR count). The molecule has 148 valence electrons. The maximum atomic E-state index is 12.7. The van der Waals surface area contributed by atoms with Crippen LogP contribution in [-0.4, -0.2) is 23.2 Å². The lowest BCUT2D eigenvalue weighted by molar-refractivity contribution is 0.600. The highest BCUT2D eigenvalue weighted by Crippen LogP contribution is 2.32. The normalized spacial score (nSPS) is 11.7. The first-order valence-corrected chi connectivity index (χ1v) is 10.6. The zero-order valence-corrected chi connectivity index (χ0v) is 17.3. The molecule has 2 heterocycles. The van der Waals surface area contributed by atoms with Crippen LogP contribution >= 0.6 is 11.6 Å². The number of nitrogens with zero attached hydrogens (tertiary/aromatic N) is 3. The second-order valence-corrected chi connectivity index (χ2v) is 8.67. The molecule has 4 aromatic rings. The molecule has 9 heteroatoms. The van der Waals surface area contributed by atoms with Crippen molar-refractivity contribution in [1.82, 2.24) is 14.8 Å². The van der Waals surface area contributed by atoms with Gasteiger partial charge in [-0.05, 0) is 53.9 Å². The van der Waals surface area contributed by atoms with E-state index in [-0.39, 0.29) is 4.90 Å². The van der Waals surface area contributed by atoms with Crippen molar-refractivity contribution < 1.29 is 8.42 Å². The van der Waals surface area contributed by atoms with E-state index in [0.717, 1.165) is 16.5 Å². The first kappa shape index (κ1) is 19.2. The summed E-state index contributed by atoms with van der Waals surface area (Å²) in [5, 5.41) is 5.38. The summed E-state index contributed by atoms with van der Waals surface area (Å²) in [5.74, 6) is 0.395. The molecule has 2 aromatic carbocycles. The van der Waals surface area contributed by atoms with Gasteiger partial charge >= 0.3 is 0 Å². The number of nitrogens with two attached hydrogens (primary N) is 1. The number of aromatic nitrogens is 3. The fourth-order valence-electron chi connectivity index (χ4n) is 3.25.